The highest BCUT2D eigenvalue weighted by molar-refractivity contribution is 6.04. The van der Waals surface area contributed by atoms with Crippen molar-refractivity contribution >= 4 is 28.2 Å². The molecular weight excluding hydrogens is 581 g/mol. The number of amides is 1. The first-order valence-corrected chi connectivity index (χ1v) is 15.0. The van der Waals surface area contributed by atoms with E-state index in [1.165, 1.54) is 12.1 Å². The number of likely N-dealkylation sites (N-methyl/N-ethyl adjacent to an activating group) is 1. The number of H-pyrrole nitrogens is 1. The molecule has 1 aliphatic heterocycles. The van der Waals surface area contributed by atoms with Gasteiger partial charge >= 0.3 is 6.18 Å². The van der Waals surface area contributed by atoms with Crippen LogP contribution in [0.4, 0.5) is 18.9 Å². The van der Waals surface area contributed by atoms with Gasteiger partial charge in [-0.3, -0.25) is 9.69 Å². The molecule has 234 valence electrons. The Bertz CT molecular complexity index is 1790. The number of aromatic amines is 1. The lowest BCUT2D eigenvalue weighted by atomic mass is 9.95. The molecule has 2 aliphatic rings. The van der Waals surface area contributed by atoms with Crippen LogP contribution in [0.1, 0.15) is 46.2 Å². The van der Waals surface area contributed by atoms with Gasteiger partial charge in [0, 0.05) is 50.2 Å². The lowest BCUT2D eigenvalue weighted by Gasteiger charge is -2.33. The molecule has 1 fully saturated rings. The number of aromatic nitrogens is 3. The zero-order valence-corrected chi connectivity index (χ0v) is 25.4. The maximum absolute atomic E-state index is 14.1. The highest BCUT2D eigenvalue weighted by atomic mass is 19.4. The van der Waals surface area contributed by atoms with Crippen molar-refractivity contribution < 1.29 is 22.7 Å². The molecule has 1 amide bonds. The number of anilines is 1. The van der Waals surface area contributed by atoms with E-state index >= 15 is 0 Å². The first-order valence-electron chi connectivity index (χ1n) is 15.0. The zero-order chi connectivity index (χ0) is 31.7. The van der Waals surface area contributed by atoms with Crippen molar-refractivity contribution in [2.45, 2.75) is 33.0 Å². The van der Waals surface area contributed by atoms with Gasteiger partial charge in [-0.15, -0.1) is 0 Å². The lowest BCUT2D eigenvalue weighted by Crippen LogP contribution is -2.44. The normalized spacial score (nSPS) is 17.8. The first kappa shape index (κ1) is 30.5. The number of hydrogen-bond donors (Lipinski definition) is 2. The molecule has 3 heterocycles. The molecule has 0 spiro atoms. The van der Waals surface area contributed by atoms with E-state index in [1.807, 2.05) is 37.1 Å². The Labute approximate surface area is 259 Å². The van der Waals surface area contributed by atoms with Crippen molar-refractivity contribution in [1.29, 1.82) is 0 Å². The molecule has 1 atom stereocenters. The predicted molar refractivity (Wildman–Crippen MR) is 168 cm³/mol. The maximum atomic E-state index is 14.1. The van der Waals surface area contributed by atoms with Crippen LogP contribution in [0.2, 0.25) is 0 Å². The second kappa shape index (κ2) is 12.5. The summed E-state index contributed by atoms with van der Waals surface area (Å²) in [7, 11) is 2.00. The third-order valence-electron chi connectivity index (χ3n) is 8.26. The largest absolute Gasteiger partial charge is 0.437 e. The van der Waals surface area contributed by atoms with Crippen molar-refractivity contribution in [2.24, 2.45) is 5.92 Å². The van der Waals surface area contributed by atoms with E-state index in [0.717, 1.165) is 36.7 Å². The Morgan fingerprint density at radius 2 is 1.89 bits per heavy atom. The molecule has 2 aromatic carbocycles. The number of hydrogen-bond acceptors (Lipinski definition) is 6. The number of fused-ring (bicyclic) bond motifs is 1. The standard InChI is InChI=1S/C34H35F3N6O2/c1-21-5-4-6-23(17-21)31-40-28-11-12-38-30(28)33(41-31)45-29-18-24(8-7-22(29)2)32(44)39-26-10-9-25(27(19-26)34(35,36)37)20-43-15-13-42(3)14-16-43/h4-12,18-19,21,38H,13-17,20H2,1-3H3,(H,39,44). The number of aryl methyl sites for hydroxylation is 1. The fraction of sp³-hybridized carbons (Fsp3) is 0.324. The van der Waals surface area contributed by atoms with Gasteiger partial charge in [-0.25, -0.2) is 4.98 Å². The van der Waals surface area contributed by atoms with E-state index in [0.29, 0.717) is 47.5 Å². The van der Waals surface area contributed by atoms with Crippen LogP contribution in [0.3, 0.4) is 0 Å². The monoisotopic (exact) mass is 616 g/mol. The predicted octanol–water partition coefficient (Wildman–Crippen LogP) is 7.06. The number of carbonyl (C=O) groups excluding carboxylic acids is 1. The Morgan fingerprint density at radius 3 is 2.64 bits per heavy atom. The van der Waals surface area contributed by atoms with Crippen LogP contribution in [-0.4, -0.2) is 63.9 Å². The summed E-state index contributed by atoms with van der Waals surface area (Å²) < 4.78 is 48.5. The van der Waals surface area contributed by atoms with Gasteiger partial charge in [-0.1, -0.05) is 37.3 Å². The average molecular weight is 617 g/mol. The first-order chi connectivity index (χ1) is 21.5. The molecule has 0 saturated carbocycles. The van der Waals surface area contributed by atoms with Crippen molar-refractivity contribution in [1.82, 2.24) is 24.8 Å². The molecule has 45 heavy (non-hydrogen) atoms. The number of allylic oxidation sites excluding steroid dienone is 4. The van der Waals surface area contributed by atoms with Crippen molar-refractivity contribution in [3.05, 3.63) is 95.0 Å². The molecule has 1 unspecified atom stereocenters. The van der Waals surface area contributed by atoms with E-state index in [-0.39, 0.29) is 23.4 Å². The van der Waals surface area contributed by atoms with Gasteiger partial charge in [0.1, 0.15) is 11.3 Å². The molecule has 2 aromatic heterocycles. The Hall–Kier alpha value is -4.48. The van der Waals surface area contributed by atoms with E-state index < -0.39 is 17.6 Å². The summed E-state index contributed by atoms with van der Waals surface area (Å²) in [6.07, 6.45) is 4.12. The van der Waals surface area contributed by atoms with Gasteiger partial charge in [-0.2, -0.15) is 18.2 Å². The quantitative estimate of drug-likeness (QED) is 0.231. The average Bonchev–Trinajstić information content (AvgIpc) is 3.49. The number of alkyl halides is 3. The Morgan fingerprint density at radius 1 is 1.09 bits per heavy atom. The molecule has 4 aromatic rings. The number of piperazine rings is 1. The lowest BCUT2D eigenvalue weighted by molar-refractivity contribution is -0.138. The van der Waals surface area contributed by atoms with Crippen LogP contribution >= 0.6 is 0 Å². The van der Waals surface area contributed by atoms with E-state index in [1.54, 1.807) is 24.4 Å². The van der Waals surface area contributed by atoms with E-state index in [2.05, 4.69) is 28.2 Å². The molecular formula is C34H35F3N6O2. The van der Waals surface area contributed by atoms with Gasteiger partial charge in [0.25, 0.3) is 5.91 Å². The van der Waals surface area contributed by atoms with Gasteiger partial charge in [-0.05, 0) is 73.3 Å². The van der Waals surface area contributed by atoms with Crippen LogP contribution in [-0.2, 0) is 12.7 Å². The van der Waals surface area contributed by atoms with Gasteiger partial charge in [0.05, 0.1) is 11.1 Å². The van der Waals surface area contributed by atoms with Crippen molar-refractivity contribution in [3.63, 3.8) is 0 Å². The highest BCUT2D eigenvalue weighted by Gasteiger charge is 2.34. The number of ether oxygens (including phenoxy) is 1. The summed E-state index contributed by atoms with van der Waals surface area (Å²) in [5, 5.41) is 2.64. The molecule has 1 aliphatic carbocycles. The number of halogens is 3. The summed E-state index contributed by atoms with van der Waals surface area (Å²) >= 11 is 0. The van der Waals surface area contributed by atoms with Crippen LogP contribution in [0.25, 0.3) is 16.6 Å². The third kappa shape index (κ3) is 6.94. The van der Waals surface area contributed by atoms with E-state index in [9.17, 15) is 18.0 Å². The SMILES string of the molecule is Cc1ccc(C(=O)Nc2ccc(CN3CCN(C)CC3)c(C(F)(F)F)c2)cc1Oc1nc(C2=CC=CC(C)C2)nc2cc[nH]c12. The fourth-order valence-electron chi connectivity index (χ4n) is 5.61. The molecule has 0 bridgehead atoms. The Balaban J connectivity index is 1.23. The molecule has 11 heteroatoms. The van der Waals surface area contributed by atoms with Crippen LogP contribution in [0, 0.1) is 12.8 Å². The minimum Gasteiger partial charge on any atom is -0.437 e. The smallest absolute Gasteiger partial charge is 0.416 e. The van der Waals surface area contributed by atoms with Gasteiger partial charge in [0.2, 0.25) is 5.88 Å². The number of benzene rings is 2. The van der Waals surface area contributed by atoms with Crippen LogP contribution in [0.5, 0.6) is 11.6 Å². The fourth-order valence-corrected chi connectivity index (χ4v) is 5.61. The third-order valence-corrected chi connectivity index (χ3v) is 8.26. The minimum atomic E-state index is -4.56. The van der Waals surface area contributed by atoms with Crippen LogP contribution < -0.4 is 10.1 Å². The van der Waals surface area contributed by atoms with Crippen LogP contribution in [0.15, 0.2) is 66.9 Å². The topological polar surface area (TPSA) is 86.4 Å². The second-order valence-electron chi connectivity index (χ2n) is 11.8. The summed E-state index contributed by atoms with van der Waals surface area (Å²) in [5.74, 6) is 1.08. The molecule has 1 saturated heterocycles. The second-order valence-corrected chi connectivity index (χ2v) is 11.8. The van der Waals surface area contributed by atoms with E-state index in [4.69, 9.17) is 14.7 Å². The molecule has 2 N–H and O–H groups in total. The molecule has 8 nitrogen and oxygen atoms in total. The van der Waals surface area contributed by atoms with Crippen molar-refractivity contribution in [3.8, 4) is 11.6 Å². The summed E-state index contributed by atoms with van der Waals surface area (Å²) in [6.45, 7) is 7.18. The maximum Gasteiger partial charge on any atom is 0.416 e. The Kier molecular flexibility index (Phi) is 8.48. The zero-order valence-electron chi connectivity index (χ0n) is 25.4. The minimum absolute atomic E-state index is 0.0649. The van der Waals surface area contributed by atoms with Crippen molar-refractivity contribution in [2.75, 3.05) is 38.5 Å². The highest BCUT2D eigenvalue weighted by Crippen LogP contribution is 2.36. The van der Waals surface area contributed by atoms with Gasteiger partial charge in [0.15, 0.2) is 5.82 Å². The summed E-state index contributed by atoms with van der Waals surface area (Å²) in [4.78, 5) is 30.0. The number of nitrogens with one attached hydrogen (secondary N) is 2. The van der Waals surface area contributed by atoms with Gasteiger partial charge < -0.3 is 19.9 Å². The molecule has 0 radical (unpaired) electrons. The molecule has 6 rings (SSSR count). The number of nitrogens with zero attached hydrogens (tertiary/aromatic N) is 4. The number of rotatable bonds is 7. The summed E-state index contributed by atoms with van der Waals surface area (Å²) in [5.41, 5.74) is 2.80. The summed E-state index contributed by atoms with van der Waals surface area (Å²) in [6, 6.07) is 10.7. The number of carbonyl (C=O) groups is 1.